The second kappa shape index (κ2) is 5.96. The van der Waals surface area contributed by atoms with E-state index in [1.807, 2.05) is 19.1 Å². The monoisotopic (exact) mass is 247 g/mol. The van der Waals surface area contributed by atoms with E-state index < -0.39 is 0 Å². The largest absolute Gasteiger partial charge is 0.330 e. The van der Waals surface area contributed by atoms with Gasteiger partial charge in [-0.25, -0.2) is 0 Å². The Morgan fingerprint density at radius 1 is 1.39 bits per heavy atom. The van der Waals surface area contributed by atoms with Crippen LogP contribution in [0.2, 0.25) is 0 Å². The molecule has 1 aliphatic rings. The first-order chi connectivity index (χ1) is 8.69. The second-order valence-corrected chi connectivity index (χ2v) is 5.13. The van der Waals surface area contributed by atoms with Crippen molar-refractivity contribution in [3.05, 3.63) is 24.0 Å². The summed E-state index contributed by atoms with van der Waals surface area (Å²) in [4.78, 5) is 16.2. The highest BCUT2D eigenvalue weighted by atomic mass is 16.1. The van der Waals surface area contributed by atoms with Gasteiger partial charge >= 0.3 is 0 Å². The van der Waals surface area contributed by atoms with Crippen molar-refractivity contribution in [2.24, 2.45) is 17.6 Å². The molecule has 2 rings (SSSR count). The molecule has 1 fully saturated rings. The number of amides is 1. The van der Waals surface area contributed by atoms with Crippen molar-refractivity contribution < 1.29 is 4.79 Å². The number of aryl methyl sites for hydroxylation is 1. The first-order valence-corrected chi connectivity index (χ1v) is 6.62. The van der Waals surface area contributed by atoms with Gasteiger partial charge in [-0.1, -0.05) is 0 Å². The standard InChI is InChI=1S/C14H21N3O/c1-10-2-7-13(9-16-10)17-14(18)12-5-3-11(8-15)4-6-12/h2,7,9,11-12H,3-6,8,15H2,1H3,(H,17,18). The van der Waals surface area contributed by atoms with Crippen molar-refractivity contribution in [1.82, 2.24) is 4.98 Å². The van der Waals surface area contributed by atoms with Crippen LogP contribution in [-0.2, 0) is 4.79 Å². The number of carbonyl (C=O) groups is 1. The molecule has 18 heavy (non-hydrogen) atoms. The van der Waals surface area contributed by atoms with Gasteiger partial charge in [-0.05, 0) is 57.2 Å². The zero-order chi connectivity index (χ0) is 13.0. The quantitative estimate of drug-likeness (QED) is 0.859. The molecule has 1 amide bonds. The molecule has 1 saturated carbocycles. The molecule has 0 atom stereocenters. The number of pyridine rings is 1. The van der Waals surface area contributed by atoms with Gasteiger partial charge in [0.1, 0.15) is 0 Å². The van der Waals surface area contributed by atoms with E-state index >= 15 is 0 Å². The van der Waals surface area contributed by atoms with Crippen molar-refractivity contribution in [1.29, 1.82) is 0 Å². The predicted molar refractivity (Wildman–Crippen MR) is 72.1 cm³/mol. The third kappa shape index (κ3) is 3.29. The van der Waals surface area contributed by atoms with Gasteiger partial charge in [0.2, 0.25) is 5.91 Å². The minimum atomic E-state index is 0.121. The summed E-state index contributed by atoms with van der Waals surface area (Å²) < 4.78 is 0. The number of carbonyl (C=O) groups excluding carboxylic acids is 1. The topological polar surface area (TPSA) is 68.0 Å². The molecule has 3 N–H and O–H groups in total. The van der Waals surface area contributed by atoms with Gasteiger partial charge in [0.05, 0.1) is 11.9 Å². The lowest BCUT2D eigenvalue weighted by atomic mass is 9.81. The molecular formula is C14H21N3O. The molecule has 4 heteroatoms. The van der Waals surface area contributed by atoms with Crippen molar-refractivity contribution in [3.63, 3.8) is 0 Å². The Hall–Kier alpha value is -1.42. The molecular weight excluding hydrogens is 226 g/mol. The average Bonchev–Trinajstić information content (AvgIpc) is 2.41. The van der Waals surface area contributed by atoms with Crippen LogP contribution in [0.1, 0.15) is 31.4 Å². The molecule has 1 heterocycles. The van der Waals surface area contributed by atoms with Crippen LogP contribution in [-0.4, -0.2) is 17.4 Å². The molecule has 0 bridgehead atoms. The third-order valence-electron chi connectivity index (χ3n) is 3.73. The smallest absolute Gasteiger partial charge is 0.227 e. The summed E-state index contributed by atoms with van der Waals surface area (Å²) >= 11 is 0. The Kier molecular flexibility index (Phi) is 4.31. The Labute approximate surface area is 108 Å². The first-order valence-electron chi connectivity index (χ1n) is 6.62. The van der Waals surface area contributed by atoms with E-state index in [0.29, 0.717) is 5.92 Å². The number of hydrogen-bond donors (Lipinski definition) is 2. The van der Waals surface area contributed by atoms with E-state index in [4.69, 9.17) is 5.73 Å². The fraction of sp³-hybridized carbons (Fsp3) is 0.571. The number of aromatic nitrogens is 1. The lowest BCUT2D eigenvalue weighted by Gasteiger charge is -2.26. The van der Waals surface area contributed by atoms with Crippen LogP contribution < -0.4 is 11.1 Å². The van der Waals surface area contributed by atoms with Crippen LogP contribution in [0.25, 0.3) is 0 Å². The first kappa shape index (κ1) is 13.0. The SMILES string of the molecule is Cc1ccc(NC(=O)C2CCC(CN)CC2)cn1. The van der Waals surface area contributed by atoms with Crippen LogP contribution in [0, 0.1) is 18.8 Å². The number of nitrogens with one attached hydrogen (secondary N) is 1. The predicted octanol–water partition coefficient (Wildman–Crippen LogP) is 2.09. The van der Waals surface area contributed by atoms with E-state index in [0.717, 1.165) is 43.6 Å². The lowest BCUT2D eigenvalue weighted by molar-refractivity contribution is -0.121. The van der Waals surface area contributed by atoms with Crippen LogP contribution in [0.4, 0.5) is 5.69 Å². The molecule has 0 aliphatic heterocycles. The molecule has 0 spiro atoms. The molecule has 1 aromatic rings. The van der Waals surface area contributed by atoms with E-state index in [1.54, 1.807) is 6.20 Å². The Bertz CT molecular complexity index is 394. The minimum Gasteiger partial charge on any atom is -0.330 e. The van der Waals surface area contributed by atoms with Crippen LogP contribution in [0.3, 0.4) is 0 Å². The summed E-state index contributed by atoms with van der Waals surface area (Å²) in [6, 6.07) is 3.80. The molecule has 0 saturated heterocycles. The Morgan fingerprint density at radius 2 is 2.11 bits per heavy atom. The van der Waals surface area contributed by atoms with Crippen molar-refractivity contribution in [3.8, 4) is 0 Å². The molecule has 0 aromatic carbocycles. The zero-order valence-electron chi connectivity index (χ0n) is 10.9. The number of anilines is 1. The fourth-order valence-electron chi connectivity index (χ4n) is 2.45. The third-order valence-corrected chi connectivity index (χ3v) is 3.73. The summed E-state index contributed by atoms with van der Waals surface area (Å²) in [7, 11) is 0. The minimum absolute atomic E-state index is 0.121. The van der Waals surface area contributed by atoms with Crippen LogP contribution in [0.5, 0.6) is 0 Å². The van der Waals surface area contributed by atoms with E-state index in [-0.39, 0.29) is 11.8 Å². The second-order valence-electron chi connectivity index (χ2n) is 5.13. The zero-order valence-corrected chi connectivity index (χ0v) is 10.9. The van der Waals surface area contributed by atoms with Crippen LogP contribution >= 0.6 is 0 Å². The van der Waals surface area contributed by atoms with Crippen LogP contribution in [0.15, 0.2) is 18.3 Å². The van der Waals surface area contributed by atoms with Gasteiger partial charge < -0.3 is 11.1 Å². The van der Waals surface area contributed by atoms with E-state index in [2.05, 4.69) is 10.3 Å². The Morgan fingerprint density at radius 3 is 2.67 bits per heavy atom. The summed E-state index contributed by atoms with van der Waals surface area (Å²) in [5.41, 5.74) is 7.39. The van der Waals surface area contributed by atoms with Gasteiger partial charge in [-0.3, -0.25) is 9.78 Å². The summed E-state index contributed by atoms with van der Waals surface area (Å²) in [6.07, 6.45) is 5.75. The molecule has 98 valence electrons. The van der Waals surface area contributed by atoms with Crippen molar-refractivity contribution in [2.75, 3.05) is 11.9 Å². The van der Waals surface area contributed by atoms with Crippen molar-refractivity contribution >= 4 is 11.6 Å². The summed E-state index contributed by atoms with van der Waals surface area (Å²) in [5.74, 6) is 0.861. The number of rotatable bonds is 3. The highest BCUT2D eigenvalue weighted by Crippen LogP contribution is 2.28. The van der Waals surface area contributed by atoms with E-state index in [9.17, 15) is 4.79 Å². The number of hydrogen-bond acceptors (Lipinski definition) is 3. The number of nitrogens with two attached hydrogens (primary N) is 1. The molecule has 4 nitrogen and oxygen atoms in total. The van der Waals surface area contributed by atoms with Gasteiger partial charge in [0.25, 0.3) is 0 Å². The number of nitrogens with zero attached hydrogens (tertiary/aromatic N) is 1. The maximum absolute atomic E-state index is 12.1. The molecule has 0 unspecified atom stereocenters. The van der Waals surface area contributed by atoms with Crippen molar-refractivity contribution in [2.45, 2.75) is 32.6 Å². The molecule has 1 aromatic heterocycles. The molecule has 1 aliphatic carbocycles. The average molecular weight is 247 g/mol. The van der Waals surface area contributed by atoms with Gasteiger partial charge in [0.15, 0.2) is 0 Å². The van der Waals surface area contributed by atoms with Gasteiger partial charge in [0, 0.05) is 11.6 Å². The maximum atomic E-state index is 12.1. The summed E-state index contributed by atoms with van der Waals surface area (Å²) in [5, 5.41) is 2.94. The molecule has 0 radical (unpaired) electrons. The van der Waals surface area contributed by atoms with E-state index in [1.165, 1.54) is 0 Å². The fourth-order valence-corrected chi connectivity index (χ4v) is 2.45. The normalized spacial score (nSPS) is 23.7. The Balaban J connectivity index is 1.87. The maximum Gasteiger partial charge on any atom is 0.227 e. The highest BCUT2D eigenvalue weighted by molar-refractivity contribution is 5.92. The lowest BCUT2D eigenvalue weighted by Crippen LogP contribution is -2.29. The highest BCUT2D eigenvalue weighted by Gasteiger charge is 2.25. The van der Waals surface area contributed by atoms with Gasteiger partial charge in [-0.2, -0.15) is 0 Å². The van der Waals surface area contributed by atoms with Gasteiger partial charge in [-0.15, -0.1) is 0 Å². The summed E-state index contributed by atoms with van der Waals surface area (Å²) in [6.45, 7) is 2.68.